The minimum atomic E-state index is -3.91. The number of carbonyl (C=O) groups excluding carboxylic acids is 4. The van der Waals surface area contributed by atoms with Gasteiger partial charge in [0.2, 0.25) is 40.1 Å². The molecule has 0 aliphatic rings. The zero-order valence-corrected chi connectivity index (χ0v) is 82.2. The molecule has 0 saturated carbocycles. The van der Waals surface area contributed by atoms with Crippen molar-refractivity contribution in [2.75, 3.05) is 28.4 Å². The summed E-state index contributed by atoms with van der Waals surface area (Å²) < 4.78 is 125. The highest BCUT2D eigenvalue weighted by atomic mass is 79.9. The molecule has 734 valence electrons. The summed E-state index contributed by atoms with van der Waals surface area (Å²) in [5, 5.41) is 63.5. The molecule has 0 unspecified atom stereocenters. The summed E-state index contributed by atoms with van der Waals surface area (Å²) in [6.45, 7) is 1.91. The first-order valence-corrected chi connectivity index (χ1v) is 50.4. The van der Waals surface area contributed by atoms with Gasteiger partial charge in [0.15, 0.2) is 23.0 Å². The number of hydrogen-bond donors (Lipinski definition) is 16. The normalized spacial score (nSPS) is 11.0. The standard InChI is InChI=1S/C27H24N4O5S.C27H24N4O4S.C26H21BrN4O4S.C26H21ClN4O4S/c1-35-20-13-14-23(24(16-20)36-21-6-4-5-19(15-21)26(28)29)31-27(32)18-11-9-17(10-12-18)22-7-2-3-8-25(22)37(30,33)34;1-17-9-14-23(24(15-17)35-21-6-4-5-20(16-21)26(28)29)31-27(32)19-12-10-18(11-13-19)22-7-2-3-8-25(22)36(30,33)34;2*27-19-12-13-22(23(15-19)35-20-5-3-4-18(14-20)25(28)29)31-26(32)17-10-8-16(9-11-17)21-6-1-2-7-24(21)36(30,33)34/h2-16H,1H3,(H3,28,29)(H,31,32)(H2,30,33,34);2-16H,1H3,(H3,28,29)(H,31,32)(H2,30,33,34);2*1-15H,(H3,28,29)(H,31,32)(H2,30,33,34). The molecule has 0 radical (unpaired) electrons. The van der Waals surface area contributed by atoms with Crippen LogP contribution in [0, 0.1) is 28.6 Å². The lowest BCUT2D eigenvalue weighted by Gasteiger charge is -2.14. The Kier molecular flexibility index (Phi) is 33.6. The molecule has 39 heteroatoms. The zero-order valence-electron chi connectivity index (χ0n) is 76.6. The van der Waals surface area contributed by atoms with E-state index in [2.05, 4.69) is 37.2 Å². The summed E-state index contributed by atoms with van der Waals surface area (Å²) in [4.78, 5) is 52.0. The second-order valence-electron chi connectivity index (χ2n) is 31.6. The number of primary sulfonamides is 4. The van der Waals surface area contributed by atoms with E-state index in [0.717, 1.165) is 10.0 Å². The van der Waals surface area contributed by atoms with Gasteiger partial charge in [0.1, 0.15) is 52.1 Å². The van der Waals surface area contributed by atoms with Crippen LogP contribution in [0.4, 0.5) is 22.7 Å². The van der Waals surface area contributed by atoms with Crippen LogP contribution in [0.2, 0.25) is 5.02 Å². The minimum Gasteiger partial charge on any atom is -0.497 e. The number of nitrogen functional groups attached to an aromatic ring is 4. The molecule has 33 nitrogen and oxygen atoms in total. The molecule has 16 rings (SSSR count). The highest BCUT2D eigenvalue weighted by Gasteiger charge is 2.24. The Hall–Kier alpha value is -17.3. The molecule has 0 aromatic heterocycles. The number of hydrogen-bond acceptors (Lipinski definition) is 21. The highest BCUT2D eigenvalue weighted by molar-refractivity contribution is 9.10. The molecule has 16 aromatic rings. The number of carbonyl (C=O) groups is 4. The lowest BCUT2D eigenvalue weighted by Crippen LogP contribution is -2.14. The van der Waals surface area contributed by atoms with E-state index < -0.39 is 51.9 Å². The quantitative estimate of drug-likeness (QED) is 0.0153. The van der Waals surface area contributed by atoms with Crippen LogP contribution < -0.4 is 88.4 Å². The average molecular weight is 2100 g/mol. The van der Waals surface area contributed by atoms with Crippen LogP contribution in [-0.4, -0.2) is 87.8 Å². The maximum absolute atomic E-state index is 13.0. The number of nitrogens with one attached hydrogen (secondary N) is 8. The number of amidine groups is 4. The van der Waals surface area contributed by atoms with Gasteiger partial charge in [-0.1, -0.05) is 203 Å². The third-order valence-corrected chi connectivity index (χ3v) is 25.9. The van der Waals surface area contributed by atoms with Crippen LogP contribution in [0.3, 0.4) is 0 Å². The maximum Gasteiger partial charge on any atom is 0.255 e. The predicted molar refractivity (Wildman–Crippen MR) is 565 cm³/mol. The molecular formula is C106H90BrClN16O17S4. The van der Waals surface area contributed by atoms with Crippen LogP contribution in [0.5, 0.6) is 51.7 Å². The molecule has 16 aromatic carbocycles. The van der Waals surface area contributed by atoms with Crippen LogP contribution in [0.15, 0.2) is 388 Å². The monoisotopic (exact) mass is 2100 g/mol. The molecule has 145 heavy (non-hydrogen) atoms. The number of ether oxygens (including phenoxy) is 5. The van der Waals surface area contributed by atoms with Gasteiger partial charge in [0.05, 0.1) is 49.4 Å². The fraction of sp³-hybridized carbons (Fsp3) is 0.0189. The van der Waals surface area contributed by atoms with Crippen LogP contribution in [-0.2, 0) is 40.1 Å². The van der Waals surface area contributed by atoms with Gasteiger partial charge in [0.25, 0.3) is 23.6 Å². The molecular weight excluding hydrogens is 2010 g/mol. The van der Waals surface area contributed by atoms with Crippen molar-refractivity contribution in [2.24, 2.45) is 43.5 Å². The van der Waals surface area contributed by atoms with E-state index in [0.29, 0.717) is 169 Å². The summed E-state index contributed by atoms with van der Waals surface area (Å²) in [5.41, 5.74) is 32.5. The van der Waals surface area contributed by atoms with E-state index in [-0.39, 0.29) is 54.7 Å². The Morgan fingerprint density at radius 2 is 0.524 bits per heavy atom. The predicted octanol–water partition coefficient (Wildman–Crippen LogP) is 19.1. The van der Waals surface area contributed by atoms with Gasteiger partial charge >= 0.3 is 0 Å². The summed E-state index contributed by atoms with van der Waals surface area (Å²) in [6, 6.07) is 98.9. The molecule has 0 saturated heterocycles. The Labute approximate surface area is 847 Å². The molecule has 0 bridgehead atoms. The van der Waals surface area contributed by atoms with Crippen molar-refractivity contribution in [3.8, 4) is 96.3 Å². The molecule has 0 spiro atoms. The van der Waals surface area contributed by atoms with Gasteiger partial charge in [-0.3, -0.25) is 40.8 Å². The van der Waals surface area contributed by atoms with Gasteiger partial charge in [-0.2, -0.15) is 0 Å². The van der Waals surface area contributed by atoms with Gasteiger partial charge in [0, 0.05) is 88.4 Å². The summed E-state index contributed by atoms with van der Waals surface area (Å²) in [6.07, 6.45) is 0. The number of anilines is 4. The minimum absolute atomic E-state index is 0.000927. The Morgan fingerprint density at radius 3 is 0.800 bits per heavy atom. The zero-order chi connectivity index (χ0) is 104. The van der Waals surface area contributed by atoms with Crippen molar-refractivity contribution in [1.29, 1.82) is 21.6 Å². The van der Waals surface area contributed by atoms with Gasteiger partial charge in [-0.15, -0.1) is 0 Å². The summed E-state index contributed by atoms with van der Waals surface area (Å²) in [5.74, 6) is 1.81. The van der Waals surface area contributed by atoms with E-state index in [1.807, 2.05) is 13.0 Å². The molecule has 0 heterocycles. The first kappa shape index (κ1) is 105. The fourth-order valence-corrected chi connectivity index (χ4v) is 17.8. The number of methoxy groups -OCH3 is 1. The fourth-order valence-electron chi connectivity index (χ4n) is 14.2. The van der Waals surface area contributed by atoms with E-state index in [9.17, 15) is 52.8 Å². The highest BCUT2D eigenvalue weighted by Crippen LogP contribution is 2.41. The number of benzene rings is 16. The van der Waals surface area contributed by atoms with Crippen molar-refractivity contribution in [3.63, 3.8) is 0 Å². The lowest BCUT2D eigenvalue weighted by atomic mass is 10.0. The van der Waals surface area contributed by atoms with E-state index in [4.69, 9.17) is 100 Å². The van der Waals surface area contributed by atoms with Gasteiger partial charge < -0.3 is 67.9 Å². The molecule has 0 fully saturated rings. The van der Waals surface area contributed by atoms with Crippen molar-refractivity contribution >= 4 is 137 Å². The average Bonchev–Trinajstić information content (AvgIpc) is 0.804. The number of nitrogens with two attached hydrogens (primary N) is 8. The van der Waals surface area contributed by atoms with Crippen LogP contribution in [0.1, 0.15) is 69.2 Å². The van der Waals surface area contributed by atoms with Gasteiger partial charge in [-0.25, -0.2) is 54.2 Å². The second kappa shape index (κ2) is 46.4. The number of halogens is 2. The second-order valence-corrected chi connectivity index (χ2v) is 39.1. The molecule has 0 aliphatic carbocycles. The molecule has 0 atom stereocenters. The van der Waals surface area contributed by atoms with E-state index >= 15 is 0 Å². The number of rotatable bonds is 29. The van der Waals surface area contributed by atoms with Crippen LogP contribution in [0.25, 0.3) is 44.5 Å². The lowest BCUT2D eigenvalue weighted by molar-refractivity contribution is 0.101. The molecule has 24 N–H and O–H groups in total. The first-order chi connectivity index (χ1) is 69.0. The molecule has 0 aliphatic heterocycles. The Morgan fingerprint density at radius 1 is 0.276 bits per heavy atom. The largest absolute Gasteiger partial charge is 0.497 e. The topological polar surface area (TPSA) is 603 Å². The van der Waals surface area contributed by atoms with Gasteiger partial charge in [-0.05, 0) is 211 Å². The molecule has 4 amide bonds. The summed E-state index contributed by atoms with van der Waals surface area (Å²) >= 11 is 9.55. The van der Waals surface area contributed by atoms with Crippen LogP contribution >= 0.6 is 27.5 Å². The van der Waals surface area contributed by atoms with Crippen molar-refractivity contribution in [2.45, 2.75) is 26.5 Å². The smallest absolute Gasteiger partial charge is 0.255 e. The van der Waals surface area contributed by atoms with Crippen molar-refractivity contribution < 1.29 is 76.5 Å². The SMILES string of the molecule is COc1ccc(NC(=O)c2ccc(-c3ccccc3S(N)(=O)=O)cc2)c(Oc2cccc(C(=N)N)c2)c1.Cc1ccc(NC(=O)c2ccc(-c3ccccc3S(N)(=O)=O)cc2)c(Oc2cccc(C(=N)N)c2)c1.N=C(N)c1cccc(Oc2cc(Br)ccc2NC(=O)c2ccc(-c3ccccc3S(N)(=O)=O)cc2)c1.N=C(N)c1cccc(Oc2cc(Cl)ccc2NC(=O)c2ccc(-c3ccccc3S(N)(=O)=O)cc2)c1. The first-order valence-electron chi connectivity index (χ1n) is 43.0. The Bertz CT molecular complexity index is 7640. The van der Waals surface area contributed by atoms with Crippen molar-refractivity contribution in [1.82, 2.24) is 0 Å². The van der Waals surface area contributed by atoms with E-state index in [1.165, 1.54) is 31.4 Å². The number of aryl methyl sites for hydroxylation is 1. The maximum atomic E-state index is 13.0. The number of sulfonamides is 4. The third kappa shape index (κ3) is 28.1. The summed E-state index contributed by atoms with van der Waals surface area (Å²) in [7, 11) is -14.1. The van der Waals surface area contributed by atoms with E-state index in [1.54, 1.807) is 334 Å². The number of amides is 4. The Balaban J connectivity index is 0.000000162. The van der Waals surface area contributed by atoms with Crippen molar-refractivity contribution in [3.05, 3.63) is 424 Å². The third-order valence-electron chi connectivity index (χ3n) is 21.3.